The number of aromatic nitrogens is 2. The number of H-pyrrole nitrogens is 1. The Morgan fingerprint density at radius 1 is 1.17 bits per heavy atom. The van der Waals surface area contributed by atoms with Crippen molar-refractivity contribution >= 4 is 16.8 Å². The van der Waals surface area contributed by atoms with Crippen LogP contribution in [0.3, 0.4) is 0 Å². The van der Waals surface area contributed by atoms with Crippen LogP contribution in [-0.2, 0) is 9.53 Å². The van der Waals surface area contributed by atoms with E-state index in [-0.39, 0.29) is 5.91 Å². The molecule has 188 valence electrons. The first-order chi connectivity index (χ1) is 16.9. The number of aryl methyl sites for hydroxylation is 2. The van der Waals surface area contributed by atoms with E-state index in [4.69, 9.17) is 4.74 Å². The van der Waals surface area contributed by atoms with Crippen LogP contribution in [0.4, 0.5) is 0 Å². The largest absolute Gasteiger partial charge is 0.380 e. The average Bonchev–Trinajstić information content (AvgIpc) is 3.21. The molecule has 1 amide bonds. The zero-order valence-electron chi connectivity index (χ0n) is 21.9. The van der Waals surface area contributed by atoms with Gasteiger partial charge < -0.3 is 15.0 Å². The van der Waals surface area contributed by atoms with E-state index in [0.717, 1.165) is 37.3 Å². The Labute approximate surface area is 209 Å². The molecular formula is C29H40N4O2. The number of hydrogen-bond acceptors (Lipinski definition) is 4. The Morgan fingerprint density at radius 2 is 1.89 bits per heavy atom. The smallest absolute Gasteiger partial charge is 0.234 e. The fourth-order valence-corrected chi connectivity index (χ4v) is 5.38. The van der Waals surface area contributed by atoms with E-state index >= 15 is 0 Å². The number of piperidine rings is 1. The quantitative estimate of drug-likeness (QED) is 0.411. The van der Waals surface area contributed by atoms with Crippen LogP contribution in [0.5, 0.6) is 0 Å². The van der Waals surface area contributed by atoms with Crippen LogP contribution in [0, 0.1) is 13.8 Å². The highest BCUT2D eigenvalue weighted by atomic mass is 16.5. The number of benzene rings is 1. The van der Waals surface area contributed by atoms with Gasteiger partial charge in [0.1, 0.15) is 0 Å². The fourth-order valence-electron chi connectivity index (χ4n) is 5.38. The van der Waals surface area contributed by atoms with Crippen molar-refractivity contribution in [3.05, 3.63) is 52.8 Å². The molecule has 0 spiro atoms. The fraction of sp³-hybridized carbons (Fsp3) is 0.517. The molecule has 6 heteroatoms. The summed E-state index contributed by atoms with van der Waals surface area (Å²) in [7, 11) is 0. The molecular weight excluding hydrogens is 436 g/mol. The summed E-state index contributed by atoms with van der Waals surface area (Å²) < 4.78 is 5.29. The molecule has 0 saturated carbocycles. The van der Waals surface area contributed by atoms with Gasteiger partial charge in [0.05, 0.1) is 18.8 Å². The first-order valence-corrected chi connectivity index (χ1v) is 13.0. The molecule has 35 heavy (non-hydrogen) atoms. The Balaban J connectivity index is 1.47. The van der Waals surface area contributed by atoms with Crippen LogP contribution >= 0.6 is 0 Å². The molecule has 4 rings (SSSR count). The highest BCUT2D eigenvalue weighted by Gasteiger charge is 2.24. The molecule has 0 bridgehead atoms. The lowest BCUT2D eigenvalue weighted by molar-refractivity contribution is -0.122. The van der Waals surface area contributed by atoms with Gasteiger partial charge in [0.2, 0.25) is 5.91 Å². The van der Waals surface area contributed by atoms with Crippen molar-refractivity contribution in [3.8, 4) is 11.3 Å². The van der Waals surface area contributed by atoms with Crippen molar-refractivity contribution in [1.29, 1.82) is 0 Å². The average molecular weight is 477 g/mol. The van der Waals surface area contributed by atoms with E-state index in [1.54, 1.807) is 0 Å². The molecule has 1 saturated heterocycles. The number of carbonyl (C=O) groups is 1. The highest BCUT2D eigenvalue weighted by Crippen LogP contribution is 2.38. The van der Waals surface area contributed by atoms with E-state index < -0.39 is 0 Å². The third kappa shape index (κ3) is 6.11. The minimum absolute atomic E-state index is 0.0904. The molecule has 0 unspecified atom stereocenters. The summed E-state index contributed by atoms with van der Waals surface area (Å²) in [5.74, 6) is 1.03. The molecule has 1 aliphatic heterocycles. The van der Waals surface area contributed by atoms with Gasteiger partial charge in [0, 0.05) is 41.0 Å². The number of pyridine rings is 1. The van der Waals surface area contributed by atoms with Gasteiger partial charge in [-0.2, -0.15) is 0 Å². The Bertz CT molecular complexity index is 1140. The molecule has 3 aromatic rings. The predicted molar refractivity (Wildman–Crippen MR) is 143 cm³/mol. The van der Waals surface area contributed by atoms with Gasteiger partial charge in [0.25, 0.3) is 0 Å². The third-order valence-electron chi connectivity index (χ3n) is 7.01. The van der Waals surface area contributed by atoms with Gasteiger partial charge in [-0.3, -0.25) is 14.7 Å². The number of fused-ring (bicyclic) bond motifs is 1. The maximum Gasteiger partial charge on any atom is 0.234 e. The first-order valence-electron chi connectivity index (χ1n) is 13.0. The van der Waals surface area contributed by atoms with E-state index in [1.165, 1.54) is 33.3 Å². The Kier molecular flexibility index (Phi) is 8.24. The van der Waals surface area contributed by atoms with Crippen molar-refractivity contribution in [2.24, 2.45) is 0 Å². The van der Waals surface area contributed by atoms with Gasteiger partial charge in [-0.1, -0.05) is 19.9 Å². The van der Waals surface area contributed by atoms with E-state index in [2.05, 4.69) is 78.2 Å². The van der Waals surface area contributed by atoms with E-state index in [9.17, 15) is 4.79 Å². The summed E-state index contributed by atoms with van der Waals surface area (Å²) in [5, 5.41) is 4.28. The molecule has 0 radical (unpaired) electrons. The van der Waals surface area contributed by atoms with Crippen LogP contribution in [0.1, 0.15) is 68.0 Å². The molecule has 1 fully saturated rings. The molecule has 0 aliphatic carbocycles. The summed E-state index contributed by atoms with van der Waals surface area (Å²) in [5.41, 5.74) is 8.50. The summed E-state index contributed by atoms with van der Waals surface area (Å²) in [4.78, 5) is 22.8. The zero-order chi connectivity index (χ0) is 24.9. The number of amides is 1. The SMILES string of the molecule is CCOCCNC(=O)CN1CCC(c2ccc3[nH]c(-c4cc(C)nc(C)c4)c(C(C)C)c3c2)CC1. The number of rotatable bonds is 9. The van der Waals surface area contributed by atoms with Gasteiger partial charge in [-0.05, 0) is 93.9 Å². The standard InChI is InChI=1S/C29H40N4O2/c1-6-35-14-11-30-27(34)18-33-12-9-22(10-13-33)23-7-8-26-25(17-23)28(19(2)3)29(32-26)24-15-20(4)31-21(5)16-24/h7-8,15-17,19,22,32H,6,9-14,18H2,1-5H3,(H,30,34). The van der Waals surface area contributed by atoms with E-state index in [1.807, 2.05) is 6.92 Å². The van der Waals surface area contributed by atoms with Gasteiger partial charge in [-0.15, -0.1) is 0 Å². The van der Waals surface area contributed by atoms with Gasteiger partial charge >= 0.3 is 0 Å². The topological polar surface area (TPSA) is 70.2 Å². The van der Waals surface area contributed by atoms with Crippen LogP contribution < -0.4 is 5.32 Å². The molecule has 3 heterocycles. The van der Waals surface area contributed by atoms with Crippen molar-refractivity contribution in [3.63, 3.8) is 0 Å². The summed E-state index contributed by atoms with van der Waals surface area (Å²) in [6.45, 7) is 14.8. The van der Waals surface area contributed by atoms with Gasteiger partial charge in [0.15, 0.2) is 0 Å². The summed E-state index contributed by atoms with van der Waals surface area (Å²) in [6.07, 6.45) is 2.16. The van der Waals surface area contributed by atoms with Crippen molar-refractivity contribution in [2.75, 3.05) is 39.4 Å². The van der Waals surface area contributed by atoms with Crippen molar-refractivity contribution in [1.82, 2.24) is 20.2 Å². The van der Waals surface area contributed by atoms with Crippen LogP contribution in [0.25, 0.3) is 22.2 Å². The maximum absolute atomic E-state index is 12.2. The molecule has 1 aliphatic rings. The number of carbonyl (C=O) groups excluding carboxylic acids is 1. The summed E-state index contributed by atoms with van der Waals surface area (Å²) in [6, 6.07) is 11.3. The van der Waals surface area contributed by atoms with Crippen molar-refractivity contribution in [2.45, 2.75) is 59.3 Å². The second kappa shape index (κ2) is 11.4. The molecule has 1 aromatic carbocycles. The summed E-state index contributed by atoms with van der Waals surface area (Å²) >= 11 is 0. The molecule has 0 atom stereocenters. The highest BCUT2D eigenvalue weighted by molar-refractivity contribution is 5.92. The van der Waals surface area contributed by atoms with E-state index in [0.29, 0.717) is 38.1 Å². The zero-order valence-corrected chi connectivity index (χ0v) is 21.9. The number of ether oxygens (including phenoxy) is 1. The number of likely N-dealkylation sites (tertiary alicyclic amines) is 1. The second-order valence-electron chi connectivity index (χ2n) is 10.1. The molecule has 2 aromatic heterocycles. The lowest BCUT2D eigenvalue weighted by Gasteiger charge is -2.31. The lowest BCUT2D eigenvalue weighted by Crippen LogP contribution is -2.41. The number of hydrogen-bond donors (Lipinski definition) is 2. The molecule has 6 nitrogen and oxygen atoms in total. The van der Waals surface area contributed by atoms with Crippen LogP contribution in [0.15, 0.2) is 30.3 Å². The normalized spacial score (nSPS) is 15.3. The first kappa shape index (κ1) is 25.4. The van der Waals surface area contributed by atoms with Gasteiger partial charge in [-0.25, -0.2) is 0 Å². The minimum atomic E-state index is 0.0904. The number of nitrogens with zero attached hydrogens (tertiary/aromatic N) is 2. The predicted octanol–water partition coefficient (Wildman–Crippen LogP) is 5.30. The van der Waals surface area contributed by atoms with Crippen LogP contribution in [-0.4, -0.2) is 60.2 Å². The maximum atomic E-state index is 12.2. The number of aromatic amines is 1. The molecule has 2 N–H and O–H groups in total. The minimum Gasteiger partial charge on any atom is -0.380 e. The third-order valence-corrected chi connectivity index (χ3v) is 7.01. The Morgan fingerprint density at radius 3 is 2.54 bits per heavy atom. The second-order valence-corrected chi connectivity index (χ2v) is 10.1. The lowest BCUT2D eigenvalue weighted by atomic mass is 9.87. The van der Waals surface area contributed by atoms with Crippen molar-refractivity contribution < 1.29 is 9.53 Å². The number of nitrogens with one attached hydrogen (secondary N) is 2. The van der Waals surface area contributed by atoms with Crippen LogP contribution in [0.2, 0.25) is 0 Å². The Hall–Kier alpha value is -2.70. The monoisotopic (exact) mass is 476 g/mol.